The molecule has 0 bridgehead atoms. The van der Waals surface area contributed by atoms with Crippen LogP contribution in [0.25, 0.3) is 0 Å². The van der Waals surface area contributed by atoms with Crippen molar-refractivity contribution in [1.82, 2.24) is 10.6 Å². The highest BCUT2D eigenvalue weighted by atomic mass is 16.3. The molecule has 2 saturated carbocycles. The van der Waals surface area contributed by atoms with Gasteiger partial charge in [-0.15, -0.1) is 0 Å². The molecule has 0 atom stereocenters. The molecule has 0 aromatic rings. The fourth-order valence-corrected chi connectivity index (χ4v) is 3.97. The maximum Gasteiger partial charge on any atom is 0.245 e. The summed E-state index contributed by atoms with van der Waals surface area (Å²) in [5.74, 6) is -0.231. The quantitative estimate of drug-likeness (QED) is 0.702. The average Bonchev–Trinajstić information content (AvgIpc) is 2.53. The fourth-order valence-electron chi connectivity index (χ4n) is 3.97. The second-order valence-electron chi connectivity index (χ2n) is 7.41. The van der Waals surface area contributed by atoms with Gasteiger partial charge in [-0.1, -0.05) is 45.4 Å². The van der Waals surface area contributed by atoms with E-state index in [1.807, 2.05) is 6.92 Å². The molecular weight excluding hydrogens is 292 g/mol. The number of nitrogens with one attached hydrogen (secondary N) is 2. The molecule has 5 nitrogen and oxygen atoms in total. The molecule has 2 fully saturated rings. The average molecular weight is 324 g/mol. The molecule has 0 aliphatic heterocycles. The van der Waals surface area contributed by atoms with Crippen LogP contribution in [0, 0.1) is 0 Å². The molecule has 2 aliphatic rings. The molecule has 0 saturated heterocycles. The summed E-state index contributed by atoms with van der Waals surface area (Å²) < 4.78 is 0. The predicted octanol–water partition coefficient (Wildman–Crippen LogP) is 2.42. The van der Waals surface area contributed by atoms with Crippen molar-refractivity contribution in [3.63, 3.8) is 0 Å². The van der Waals surface area contributed by atoms with Crippen LogP contribution in [0.5, 0.6) is 0 Å². The van der Waals surface area contributed by atoms with Gasteiger partial charge < -0.3 is 15.7 Å². The number of carbonyl (C=O) groups excluding carboxylic acids is 2. The first-order valence-electron chi connectivity index (χ1n) is 9.31. The summed E-state index contributed by atoms with van der Waals surface area (Å²) in [6.07, 6.45) is 9.91. The number of rotatable bonds is 6. The predicted molar refractivity (Wildman–Crippen MR) is 89.9 cm³/mol. The minimum Gasteiger partial charge on any atom is -0.389 e. The second kappa shape index (κ2) is 8.13. The first-order valence-corrected chi connectivity index (χ1v) is 9.31. The number of hydrogen-bond donors (Lipinski definition) is 3. The third-order valence-corrected chi connectivity index (χ3v) is 5.33. The Kier molecular flexibility index (Phi) is 6.45. The van der Waals surface area contributed by atoms with E-state index in [-0.39, 0.29) is 18.2 Å². The highest BCUT2D eigenvalue weighted by Gasteiger charge is 2.42. The topological polar surface area (TPSA) is 78.4 Å². The van der Waals surface area contributed by atoms with E-state index in [9.17, 15) is 14.7 Å². The Morgan fingerprint density at radius 1 is 0.957 bits per heavy atom. The van der Waals surface area contributed by atoms with E-state index >= 15 is 0 Å². The summed E-state index contributed by atoms with van der Waals surface area (Å²) in [5.41, 5.74) is -1.65. The summed E-state index contributed by atoms with van der Waals surface area (Å²) in [6, 6.07) is 0. The Balaban J connectivity index is 1.99. The summed E-state index contributed by atoms with van der Waals surface area (Å²) in [4.78, 5) is 25.1. The molecule has 23 heavy (non-hydrogen) atoms. The smallest absolute Gasteiger partial charge is 0.245 e. The standard InChI is InChI=1S/C18H32N2O3/c1-2-13-19-16(22)18(11-7-4-8-12-18)20-15(21)14-17(23)9-5-3-6-10-17/h23H,2-14H2,1H3,(H,19,22)(H,20,21). The van der Waals surface area contributed by atoms with Gasteiger partial charge in [0, 0.05) is 6.54 Å². The van der Waals surface area contributed by atoms with Crippen LogP contribution in [0.15, 0.2) is 0 Å². The van der Waals surface area contributed by atoms with Gasteiger partial charge in [0.25, 0.3) is 0 Å². The molecule has 0 aromatic heterocycles. The lowest BCUT2D eigenvalue weighted by molar-refractivity contribution is -0.138. The van der Waals surface area contributed by atoms with Crippen LogP contribution in [0.4, 0.5) is 0 Å². The molecule has 0 radical (unpaired) electrons. The molecule has 2 rings (SSSR count). The van der Waals surface area contributed by atoms with Gasteiger partial charge in [-0.25, -0.2) is 0 Å². The minimum absolute atomic E-state index is 0.0527. The largest absolute Gasteiger partial charge is 0.389 e. The van der Waals surface area contributed by atoms with Crippen LogP contribution >= 0.6 is 0 Å². The number of carbonyl (C=O) groups is 2. The molecule has 132 valence electrons. The van der Waals surface area contributed by atoms with E-state index < -0.39 is 11.1 Å². The van der Waals surface area contributed by atoms with Crippen LogP contribution < -0.4 is 10.6 Å². The molecule has 2 aliphatic carbocycles. The highest BCUT2D eigenvalue weighted by molar-refractivity contribution is 5.91. The lowest BCUT2D eigenvalue weighted by atomic mass is 9.79. The Hall–Kier alpha value is -1.10. The fraction of sp³-hybridized carbons (Fsp3) is 0.889. The Morgan fingerprint density at radius 2 is 1.52 bits per heavy atom. The lowest BCUT2D eigenvalue weighted by Crippen LogP contribution is -2.60. The maximum atomic E-state index is 12.6. The van der Waals surface area contributed by atoms with Gasteiger partial charge >= 0.3 is 0 Å². The van der Waals surface area contributed by atoms with Crippen LogP contribution in [-0.2, 0) is 9.59 Å². The molecule has 0 heterocycles. The maximum absolute atomic E-state index is 12.6. The van der Waals surface area contributed by atoms with Gasteiger partial charge in [0.1, 0.15) is 5.54 Å². The summed E-state index contributed by atoms with van der Waals surface area (Å²) in [5, 5.41) is 16.5. The Labute approximate surface area is 139 Å². The Bertz CT molecular complexity index is 410. The second-order valence-corrected chi connectivity index (χ2v) is 7.41. The number of hydrogen-bond acceptors (Lipinski definition) is 3. The molecule has 5 heteroatoms. The van der Waals surface area contributed by atoms with E-state index in [0.717, 1.165) is 44.9 Å². The molecule has 2 amide bonds. The zero-order valence-corrected chi connectivity index (χ0v) is 14.5. The molecule has 0 spiro atoms. The zero-order valence-electron chi connectivity index (χ0n) is 14.5. The van der Waals surface area contributed by atoms with Gasteiger partial charge in [-0.3, -0.25) is 9.59 Å². The number of amides is 2. The van der Waals surface area contributed by atoms with Crippen LogP contribution in [0.2, 0.25) is 0 Å². The van der Waals surface area contributed by atoms with E-state index in [0.29, 0.717) is 32.2 Å². The van der Waals surface area contributed by atoms with Crippen molar-refractivity contribution in [2.75, 3.05) is 6.54 Å². The molecular formula is C18H32N2O3. The van der Waals surface area contributed by atoms with E-state index in [4.69, 9.17) is 0 Å². The lowest BCUT2D eigenvalue weighted by Gasteiger charge is -2.38. The first kappa shape index (κ1) is 18.2. The highest BCUT2D eigenvalue weighted by Crippen LogP contribution is 2.32. The van der Waals surface area contributed by atoms with Crippen molar-refractivity contribution < 1.29 is 14.7 Å². The normalized spacial score (nSPS) is 23.0. The van der Waals surface area contributed by atoms with Crippen molar-refractivity contribution in [3.8, 4) is 0 Å². The third-order valence-electron chi connectivity index (χ3n) is 5.33. The van der Waals surface area contributed by atoms with E-state index in [1.54, 1.807) is 0 Å². The van der Waals surface area contributed by atoms with Gasteiger partial charge in [0.2, 0.25) is 11.8 Å². The van der Waals surface area contributed by atoms with Crippen molar-refractivity contribution in [2.24, 2.45) is 0 Å². The molecule has 3 N–H and O–H groups in total. The van der Waals surface area contributed by atoms with Crippen molar-refractivity contribution >= 4 is 11.8 Å². The van der Waals surface area contributed by atoms with Crippen LogP contribution in [-0.4, -0.2) is 34.6 Å². The minimum atomic E-state index is -0.877. The van der Waals surface area contributed by atoms with Crippen LogP contribution in [0.1, 0.15) is 84.0 Å². The van der Waals surface area contributed by atoms with E-state index in [2.05, 4.69) is 10.6 Å². The van der Waals surface area contributed by atoms with Crippen molar-refractivity contribution in [2.45, 2.75) is 95.1 Å². The number of aliphatic hydroxyl groups is 1. The van der Waals surface area contributed by atoms with Crippen LogP contribution in [0.3, 0.4) is 0 Å². The van der Waals surface area contributed by atoms with Crippen molar-refractivity contribution in [1.29, 1.82) is 0 Å². The molecule has 0 unspecified atom stereocenters. The third kappa shape index (κ3) is 4.93. The van der Waals surface area contributed by atoms with Gasteiger partial charge in [0.05, 0.1) is 12.0 Å². The van der Waals surface area contributed by atoms with Gasteiger partial charge in [0.15, 0.2) is 0 Å². The van der Waals surface area contributed by atoms with Gasteiger partial charge in [-0.05, 0) is 32.1 Å². The molecule has 0 aromatic carbocycles. The SMILES string of the molecule is CCCNC(=O)C1(NC(=O)CC2(O)CCCCC2)CCCCC1. The summed E-state index contributed by atoms with van der Waals surface area (Å²) >= 11 is 0. The van der Waals surface area contributed by atoms with Gasteiger partial charge in [-0.2, -0.15) is 0 Å². The first-order chi connectivity index (χ1) is 11.0. The van der Waals surface area contributed by atoms with E-state index in [1.165, 1.54) is 0 Å². The summed E-state index contributed by atoms with van der Waals surface area (Å²) in [6.45, 7) is 2.66. The monoisotopic (exact) mass is 324 g/mol. The Morgan fingerprint density at radius 3 is 2.09 bits per heavy atom. The van der Waals surface area contributed by atoms with Crippen molar-refractivity contribution in [3.05, 3.63) is 0 Å². The summed E-state index contributed by atoms with van der Waals surface area (Å²) in [7, 11) is 0. The zero-order chi connectivity index (χ0) is 16.8.